The molecule has 0 bridgehead atoms. The van der Waals surface area contributed by atoms with Crippen LogP contribution in [0.3, 0.4) is 0 Å². The maximum absolute atomic E-state index is 11.9. The quantitative estimate of drug-likeness (QED) is 0.0172. The van der Waals surface area contributed by atoms with Crippen LogP contribution in [-0.4, -0.2) is 55.0 Å². The average Bonchev–Trinajstić information content (AvgIpc) is 3.32. The molecule has 0 radical (unpaired) electrons. The minimum Gasteiger partial charge on any atom is -0.696 e. The molecule has 15 nitrogen and oxygen atoms in total. The summed E-state index contributed by atoms with van der Waals surface area (Å²) in [5.41, 5.74) is 3.48. The molecule has 5 aromatic rings. The van der Waals surface area contributed by atoms with E-state index in [1.807, 2.05) is 24.3 Å². The minimum absolute atomic E-state index is 0. The fourth-order valence-electron chi connectivity index (χ4n) is 6.78. The first kappa shape index (κ1) is 59.6. The number of benzene rings is 1. The molecule has 0 saturated carbocycles. The van der Waals surface area contributed by atoms with E-state index in [2.05, 4.69) is 59.0 Å². The van der Waals surface area contributed by atoms with Crippen molar-refractivity contribution in [1.29, 1.82) is 10.5 Å². The van der Waals surface area contributed by atoms with Crippen LogP contribution in [0.1, 0.15) is 136 Å². The molecule has 0 aliphatic heterocycles. The number of aromatic nitrogens is 4. The van der Waals surface area contributed by atoms with Gasteiger partial charge in [0.05, 0.1) is 28.2 Å². The van der Waals surface area contributed by atoms with E-state index in [0.29, 0.717) is 53.2 Å². The first-order chi connectivity index (χ1) is 32.6. The molecule has 4 heterocycles. The van der Waals surface area contributed by atoms with E-state index in [9.17, 15) is 29.4 Å². The molecular weight excluding hydrogens is 992 g/mol. The van der Waals surface area contributed by atoms with Crippen LogP contribution >= 0.6 is 0 Å². The summed E-state index contributed by atoms with van der Waals surface area (Å²) in [6.45, 7) is 5.12. The van der Waals surface area contributed by atoms with E-state index in [-0.39, 0.29) is 30.6 Å². The number of pyridine rings is 4. The fourth-order valence-corrected chi connectivity index (χ4v) is 6.78. The maximum atomic E-state index is 11.9. The van der Waals surface area contributed by atoms with Gasteiger partial charge in [0.25, 0.3) is 12.9 Å². The largest absolute Gasteiger partial charge is 2.00 e. The van der Waals surface area contributed by atoms with Crippen molar-refractivity contribution in [3.05, 3.63) is 114 Å². The number of aryl methyl sites for hydroxylation is 2. The minimum atomic E-state index is -1.19. The second-order valence-corrected chi connectivity index (χ2v) is 15.2. The van der Waals surface area contributed by atoms with Gasteiger partial charge in [-0.25, -0.2) is 30.1 Å². The number of carboxylic acids is 2. The van der Waals surface area contributed by atoms with Crippen molar-refractivity contribution in [2.45, 2.75) is 117 Å². The molecule has 360 valence electrons. The van der Waals surface area contributed by atoms with E-state index >= 15 is 0 Å². The van der Waals surface area contributed by atoms with Crippen LogP contribution in [0, 0.1) is 21.3 Å². The van der Waals surface area contributed by atoms with Gasteiger partial charge in [-0.05, 0) is 91.4 Å². The van der Waals surface area contributed by atoms with Gasteiger partial charge in [-0.15, -0.1) is 0 Å². The molecule has 1 aromatic carbocycles. The van der Waals surface area contributed by atoms with Crippen molar-refractivity contribution >= 4 is 67.5 Å². The van der Waals surface area contributed by atoms with Crippen molar-refractivity contribution in [3.63, 3.8) is 0 Å². The summed E-state index contributed by atoms with van der Waals surface area (Å²) >= 11 is 7.40. The molecule has 0 spiro atoms. The van der Waals surface area contributed by atoms with Crippen LogP contribution in [0.2, 0.25) is 0 Å². The first-order valence-electron chi connectivity index (χ1n) is 22.1. The summed E-state index contributed by atoms with van der Waals surface area (Å²) in [5.74, 6) is -0.493. The van der Waals surface area contributed by atoms with Gasteiger partial charge in [0, 0.05) is 36.9 Å². The molecule has 0 amide bonds. The zero-order valence-corrected chi connectivity index (χ0v) is 41.6. The Morgan fingerprint density at radius 1 is 0.574 bits per heavy atom. The maximum Gasteiger partial charge on any atom is 2.00 e. The molecule has 0 aliphatic carbocycles. The van der Waals surface area contributed by atoms with E-state index < -0.39 is 11.9 Å². The number of thiocyanates is 2. The van der Waals surface area contributed by atoms with Crippen molar-refractivity contribution in [2.75, 3.05) is 4.90 Å². The number of ether oxygens (including phenoxy) is 2. The van der Waals surface area contributed by atoms with Crippen molar-refractivity contribution < 1.29 is 58.3 Å². The van der Waals surface area contributed by atoms with Gasteiger partial charge in [-0.3, -0.25) is 24.5 Å². The second-order valence-electron chi connectivity index (χ2n) is 14.9. The zero-order valence-electron chi connectivity index (χ0n) is 38.3. The molecule has 5 rings (SSSR count). The van der Waals surface area contributed by atoms with Gasteiger partial charge in [-0.2, -0.15) is 0 Å². The smallest absolute Gasteiger partial charge is 0.696 e. The Labute approximate surface area is 423 Å². The number of hydrogen-bond acceptors (Lipinski definition) is 15. The molecule has 2 N–H and O–H groups in total. The number of anilines is 3. The predicted molar refractivity (Wildman–Crippen MR) is 261 cm³/mol. The fraction of sp³-hybridized carbons (Fsp3) is 0.360. The van der Waals surface area contributed by atoms with Crippen LogP contribution in [-0.2, 0) is 67.2 Å². The molecular formula is C50H57N7O8RuS2. The number of unbranched alkanes of at least 4 members (excludes halogenated alkanes) is 12. The van der Waals surface area contributed by atoms with Crippen LogP contribution < -0.4 is 14.4 Å². The standard InChI is InChI=1S/C36H49N3O4.C12H8N2O4.2CHNS.Ru/c1-3-5-7-9-11-13-15-17-28-19-21-37-33(23-28)39(32-26-30(35(40)41)25-31(27-32)36(42)43)34-24-29(20-22-38-34)18-16-14-12-10-8-6-4-2;15-7-17-9-1-3-13-11(5-9)12-6-10(18-8-16)2-4-14-12;2*2-1-3;/h19-27H,3-18H2,1-2H3,(H,40,41)(H,42,43);1-8H;2*3H;/q;;;;+2/p-2. The van der Waals surface area contributed by atoms with Gasteiger partial charge in [0.15, 0.2) is 0 Å². The zero-order chi connectivity index (χ0) is 49.1. The molecule has 0 fully saturated rings. The Bertz CT molecular complexity index is 2210. The third kappa shape index (κ3) is 23.3. The number of hydrogen-bond donors (Lipinski definition) is 2. The first-order valence-corrected chi connectivity index (χ1v) is 22.9. The third-order valence-electron chi connectivity index (χ3n) is 9.98. The molecule has 18 heteroatoms. The number of carboxylic acid groups (broad SMARTS) is 2. The van der Waals surface area contributed by atoms with E-state index in [1.54, 1.807) is 41.6 Å². The van der Waals surface area contributed by atoms with Crippen molar-refractivity contribution in [2.24, 2.45) is 0 Å². The molecule has 0 atom stereocenters. The second kappa shape index (κ2) is 36.6. The topological polar surface area (TPSA) is 230 Å². The molecule has 4 aromatic heterocycles. The van der Waals surface area contributed by atoms with Gasteiger partial charge < -0.3 is 44.9 Å². The number of rotatable bonds is 26. The summed E-state index contributed by atoms with van der Waals surface area (Å²) in [4.78, 5) is 63.6. The van der Waals surface area contributed by atoms with E-state index in [4.69, 9.17) is 20.0 Å². The van der Waals surface area contributed by atoms with Crippen LogP contribution in [0.15, 0.2) is 91.5 Å². The van der Waals surface area contributed by atoms with E-state index in [1.165, 1.54) is 118 Å². The summed E-state index contributed by atoms with van der Waals surface area (Å²) in [7, 11) is 0. The predicted octanol–water partition coefficient (Wildman–Crippen LogP) is 11.2. The Kier molecular flexibility index (Phi) is 32.1. The van der Waals surface area contributed by atoms with Crippen molar-refractivity contribution in [3.8, 4) is 33.7 Å². The molecule has 0 saturated heterocycles. The summed E-state index contributed by atoms with van der Waals surface area (Å²) < 4.78 is 9.42. The van der Waals surface area contributed by atoms with Crippen molar-refractivity contribution in [1.82, 2.24) is 19.9 Å². The van der Waals surface area contributed by atoms with Crippen LogP contribution in [0.5, 0.6) is 11.5 Å². The molecule has 0 unspecified atom stereocenters. The number of nitrogens with zero attached hydrogens (tertiary/aromatic N) is 7. The number of carbonyl (C=O) groups excluding carboxylic acids is 2. The number of carbonyl (C=O) groups is 4. The average molecular weight is 1050 g/mol. The molecule has 0 aliphatic rings. The number of aromatic carboxylic acids is 2. The summed E-state index contributed by atoms with van der Waals surface area (Å²) in [5, 5.41) is 36.5. The summed E-state index contributed by atoms with van der Waals surface area (Å²) in [6.07, 6.45) is 25.6. The van der Waals surface area contributed by atoms with E-state index in [0.717, 1.165) is 36.8 Å². The Morgan fingerprint density at radius 3 is 1.28 bits per heavy atom. The Hall–Kier alpha value is -6.46. The molecule has 68 heavy (non-hydrogen) atoms. The monoisotopic (exact) mass is 1050 g/mol. The van der Waals surface area contributed by atoms with Gasteiger partial charge in [-0.1, -0.05) is 102 Å². The summed E-state index contributed by atoms with van der Waals surface area (Å²) in [6, 6.07) is 18.4. The van der Waals surface area contributed by atoms with Crippen LogP contribution in [0.25, 0.3) is 11.4 Å². The SMILES string of the molecule is CCCCCCCCCc1ccnc(N(c2cc(C(=O)O)cc(C(=O)O)c2)c2cc(CCCCCCCCC)ccn2)c1.N#C[S-].N#C[S-].O=COc1ccnc(-c2cc(OC=O)ccn2)c1.[Ru+2]. The Morgan fingerprint density at radius 2 is 0.926 bits per heavy atom. The third-order valence-corrected chi connectivity index (χ3v) is 9.98. The van der Waals surface area contributed by atoms with Gasteiger partial charge >= 0.3 is 31.4 Å². The Balaban J connectivity index is 0.000000762. The number of nitriles is 2. The van der Waals surface area contributed by atoms with Crippen LogP contribution in [0.4, 0.5) is 17.3 Å². The van der Waals surface area contributed by atoms with Gasteiger partial charge in [0.1, 0.15) is 23.1 Å². The normalized spacial score (nSPS) is 9.71. The van der Waals surface area contributed by atoms with Gasteiger partial charge in [0.2, 0.25) is 0 Å².